The molecule has 0 aliphatic rings. The van der Waals surface area contributed by atoms with Crippen molar-refractivity contribution in [3.8, 4) is 21.8 Å². The van der Waals surface area contributed by atoms with E-state index in [4.69, 9.17) is 11.6 Å². The molecule has 0 saturated heterocycles. The summed E-state index contributed by atoms with van der Waals surface area (Å²) in [5.41, 5.74) is 2.61. The van der Waals surface area contributed by atoms with E-state index in [0.717, 1.165) is 34.0 Å². The minimum absolute atomic E-state index is 0.230. The van der Waals surface area contributed by atoms with E-state index in [9.17, 15) is 13.6 Å². The van der Waals surface area contributed by atoms with Crippen molar-refractivity contribution in [1.82, 2.24) is 4.98 Å². The third-order valence-electron chi connectivity index (χ3n) is 4.20. The molecule has 3 nitrogen and oxygen atoms in total. The summed E-state index contributed by atoms with van der Waals surface area (Å²) in [6.45, 7) is 0. The Balaban J connectivity index is 1.58. The van der Waals surface area contributed by atoms with Gasteiger partial charge in [-0.25, -0.2) is 13.8 Å². The molecule has 0 unspecified atom stereocenters. The van der Waals surface area contributed by atoms with Crippen molar-refractivity contribution in [3.63, 3.8) is 0 Å². The third kappa shape index (κ3) is 4.18. The van der Waals surface area contributed by atoms with Crippen LogP contribution in [0.15, 0.2) is 72.1 Å². The Morgan fingerprint density at radius 1 is 1.00 bits per heavy atom. The number of aromatic nitrogens is 1. The van der Waals surface area contributed by atoms with Crippen LogP contribution >= 0.6 is 22.9 Å². The first-order valence-corrected chi connectivity index (χ1v) is 9.84. The van der Waals surface area contributed by atoms with Crippen LogP contribution in [0.3, 0.4) is 0 Å². The average molecular weight is 427 g/mol. The highest BCUT2D eigenvalue weighted by molar-refractivity contribution is 7.13. The van der Waals surface area contributed by atoms with Crippen molar-refractivity contribution in [3.05, 3.63) is 94.3 Å². The topological polar surface area (TPSA) is 42.0 Å². The van der Waals surface area contributed by atoms with E-state index in [2.05, 4.69) is 10.3 Å². The predicted octanol–water partition coefficient (Wildman–Crippen LogP) is 6.66. The van der Waals surface area contributed by atoms with E-state index < -0.39 is 17.5 Å². The number of anilines is 1. The van der Waals surface area contributed by atoms with E-state index in [0.29, 0.717) is 16.8 Å². The zero-order chi connectivity index (χ0) is 20.4. The van der Waals surface area contributed by atoms with Crippen LogP contribution in [0.4, 0.5) is 14.5 Å². The zero-order valence-corrected chi connectivity index (χ0v) is 16.4. The average Bonchev–Trinajstić information content (AvgIpc) is 3.18. The third-order valence-corrected chi connectivity index (χ3v) is 5.41. The fourth-order valence-corrected chi connectivity index (χ4v) is 3.94. The van der Waals surface area contributed by atoms with E-state index in [1.165, 1.54) is 11.3 Å². The van der Waals surface area contributed by atoms with E-state index in [1.807, 2.05) is 35.7 Å². The number of halogens is 3. The normalized spacial score (nSPS) is 10.7. The van der Waals surface area contributed by atoms with Crippen molar-refractivity contribution in [2.75, 3.05) is 5.32 Å². The molecular formula is C22H13ClF2N2OS. The lowest BCUT2D eigenvalue weighted by atomic mass is 10.1. The van der Waals surface area contributed by atoms with E-state index in [-0.39, 0.29) is 5.56 Å². The van der Waals surface area contributed by atoms with Gasteiger partial charge in [0.2, 0.25) is 0 Å². The quantitative estimate of drug-likeness (QED) is 0.396. The molecule has 1 amide bonds. The van der Waals surface area contributed by atoms with Gasteiger partial charge in [-0.05, 0) is 30.3 Å². The molecule has 0 aliphatic heterocycles. The van der Waals surface area contributed by atoms with Gasteiger partial charge in [0.25, 0.3) is 5.91 Å². The van der Waals surface area contributed by atoms with Crippen molar-refractivity contribution < 1.29 is 13.6 Å². The van der Waals surface area contributed by atoms with Gasteiger partial charge < -0.3 is 5.32 Å². The number of carbonyl (C=O) groups excluding carboxylic acids is 1. The Hall–Kier alpha value is -3.09. The minimum Gasteiger partial charge on any atom is -0.322 e. The Morgan fingerprint density at radius 2 is 1.83 bits per heavy atom. The number of amides is 1. The number of hydrogen-bond acceptors (Lipinski definition) is 3. The summed E-state index contributed by atoms with van der Waals surface area (Å²) in [7, 11) is 0. The van der Waals surface area contributed by atoms with Crippen molar-refractivity contribution in [1.29, 1.82) is 0 Å². The van der Waals surface area contributed by atoms with Gasteiger partial charge in [0, 0.05) is 28.3 Å². The fraction of sp³-hybridized carbons (Fsp3) is 0. The van der Waals surface area contributed by atoms with Gasteiger partial charge in [0.1, 0.15) is 16.6 Å². The number of thiazole rings is 1. The van der Waals surface area contributed by atoms with Crippen LogP contribution < -0.4 is 5.32 Å². The maximum absolute atomic E-state index is 13.8. The fourth-order valence-electron chi connectivity index (χ4n) is 2.79. The lowest BCUT2D eigenvalue weighted by Crippen LogP contribution is -2.13. The molecule has 7 heteroatoms. The maximum Gasteiger partial charge on any atom is 0.258 e. The minimum atomic E-state index is -0.914. The zero-order valence-electron chi connectivity index (χ0n) is 14.8. The van der Waals surface area contributed by atoms with Gasteiger partial charge in [-0.2, -0.15) is 0 Å². The molecule has 29 heavy (non-hydrogen) atoms. The van der Waals surface area contributed by atoms with Crippen LogP contribution in [0.2, 0.25) is 5.02 Å². The second-order valence-electron chi connectivity index (χ2n) is 6.18. The molecule has 0 spiro atoms. The number of nitrogens with one attached hydrogen (secondary N) is 1. The molecule has 1 N–H and O–H groups in total. The monoisotopic (exact) mass is 426 g/mol. The lowest BCUT2D eigenvalue weighted by Gasteiger charge is -2.07. The summed E-state index contributed by atoms with van der Waals surface area (Å²) < 4.78 is 26.9. The van der Waals surface area contributed by atoms with Gasteiger partial charge in [0.05, 0.1) is 16.3 Å². The van der Waals surface area contributed by atoms with Crippen LogP contribution in [0.25, 0.3) is 21.8 Å². The molecule has 0 atom stereocenters. The van der Waals surface area contributed by atoms with Gasteiger partial charge in [-0.1, -0.05) is 41.9 Å². The van der Waals surface area contributed by atoms with E-state index in [1.54, 1.807) is 18.2 Å². The molecular weight excluding hydrogens is 414 g/mol. The molecule has 144 valence electrons. The van der Waals surface area contributed by atoms with Crippen molar-refractivity contribution in [2.45, 2.75) is 0 Å². The first kappa shape index (κ1) is 19.2. The Morgan fingerprint density at radius 3 is 2.62 bits per heavy atom. The number of carbonyl (C=O) groups is 1. The van der Waals surface area contributed by atoms with Crippen LogP contribution in [0.1, 0.15) is 10.4 Å². The number of rotatable bonds is 4. The summed E-state index contributed by atoms with van der Waals surface area (Å²) >= 11 is 7.71. The first-order valence-electron chi connectivity index (χ1n) is 8.58. The van der Waals surface area contributed by atoms with Gasteiger partial charge >= 0.3 is 0 Å². The molecule has 0 aliphatic carbocycles. The van der Waals surface area contributed by atoms with Crippen molar-refractivity contribution >= 4 is 34.5 Å². The maximum atomic E-state index is 13.8. The van der Waals surface area contributed by atoms with Crippen LogP contribution in [0, 0.1) is 11.6 Å². The SMILES string of the molecule is O=C(Nc1cccc(-c2csc(-c3ccccc3Cl)n2)c1)c1ccc(F)cc1F. The molecule has 3 aromatic carbocycles. The highest BCUT2D eigenvalue weighted by Gasteiger charge is 2.14. The highest BCUT2D eigenvalue weighted by atomic mass is 35.5. The molecule has 1 heterocycles. The molecule has 4 rings (SSSR count). The van der Waals surface area contributed by atoms with Crippen molar-refractivity contribution in [2.24, 2.45) is 0 Å². The summed E-state index contributed by atoms with van der Waals surface area (Å²) in [4.78, 5) is 17.0. The standard InChI is InChI=1S/C22H13ClF2N2OS/c23-18-7-2-1-6-16(18)22-27-20(12-29-22)13-4-3-5-15(10-13)26-21(28)17-9-8-14(24)11-19(17)25/h1-12H,(H,26,28). The number of benzene rings is 3. The summed E-state index contributed by atoms with van der Waals surface area (Å²) in [5.74, 6) is -2.31. The van der Waals surface area contributed by atoms with Crippen LogP contribution in [-0.2, 0) is 0 Å². The van der Waals surface area contributed by atoms with Crippen LogP contribution in [0.5, 0.6) is 0 Å². The largest absolute Gasteiger partial charge is 0.322 e. The summed E-state index contributed by atoms with van der Waals surface area (Å²) in [5, 5.41) is 5.94. The molecule has 0 bridgehead atoms. The summed E-state index contributed by atoms with van der Waals surface area (Å²) in [6, 6.07) is 17.3. The van der Waals surface area contributed by atoms with Gasteiger partial charge in [-0.3, -0.25) is 4.79 Å². The lowest BCUT2D eigenvalue weighted by molar-refractivity contribution is 0.102. The molecule has 0 saturated carbocycles. The van der Waals surface area contributed by atoms with Crippen LogP contribution in [-0.4, -0.2) is 10.9 Å². The van der Waals surface area contributed by atoms with Gasteiger partial charge in [0.15, 0.2) is 0 Å². The van der Waals surface area contributed by atoms with E-state index >= 15 is 0 Å². The highest BCUT2D eigenvalue weighted by Crippen LogP contribution is 2.33. The molecule has 0 fully saturated rings. The molecule has 4 aromatic rings. The molecule has 1 aromatic heterocycles. The molecule has 0 radical (unpaired) electrons. The number of hydrogen-bond donors (Lipinski definition) is 1. The first-order chi connectivity index (χ1) is 14.0. The van der Waals surface area contributed by atoms with Gasteiger partial charge in [-0.15, -0.1) is 11.3 Å². The second-order valence-corrected chi connectivity index (χ2v) is 7.44. The number of nitrogens with zero attached hydrogens (tertiary/aromatic N) is 1. The second kappa shape index (κ2) is 8.11. The summed E-state index contributed by atoms with van der Waals surface area (Å²) in [6.07, 6.45) is 0. The Kier molecular flexibility index (Phi) is 5.38. The Labute approximate surface area is 174 Å². The Bertz CT molecular complexity index is 1210. The smallest absolute Gasteiger partial charge is 0.258 e. The predicted molar refractivity (Wildman–Crippen MR) is 112 cm³/mol.